The maximum atomic E-state index is 12.5. The molecular formula is C27H32N4O. The molecule has 0 aliphatic heterocycles. The van der Waals surface area contributed by atoms with Crippen molar-refractivity contribution < 1.29 is 4.79 Å². The van der Waals surface area contributed by atoms with Crippen molar-refractivity contribution in [3.8, 4) is 0 Å². The molecule has 0 aliphatic carbocycles. The molecule has 0 spiro atoms. The number of pyridine rings is 1. The first-order valence-corrected chi connectivity index (χ1v) is 11.2. The van der Waals surface area contributed by atoms with E-state index in [0.717, 1.165) is 48.6 Å². The first-order chi connectivity index (χ1) is 15.7. The summed E-state index contributed by atoms with van der Waals surface area (Å²) in [6, 6.07) is 19.7. The van der Waals surface area contributed by atoms with Crippen molar-refractivity contribution >= 4 is 29.4 Å². The van der Waals surface area contributed by atoms with E-state index in [1.807, 2.05) is 48.5 Å². The van der Waals surface area contributed by atoms with Gasteiger partial charge in [0.05, 0.1) is 0 Å². The van der Waals surface area contributed by atoms with Crippen LogP contribution < -0.4 is 10.6 Å². The van der Waals surface area contributed by atoms with E-state index in [-0.39, 0.29) is 5.91 Å². The summed E-state index contributed by atoms with van der Waals surface area (Å²) in [7, 11) is 0. The van der Waals surface area contributed by atoms with Gasteiger partial charge in [0.25, 0.3) is 5.91 Å². The normalized spacial score (nSPS) is 11.1. The monoisotopic (exact) mass is 428 g/mol. The molecule has 0 aliphatic rings. The highest BCUT2D eigenvalue weighted by molar-refractivity contribution is 5.95. The zero-order valence-corrected chi connectivity index (χ0v) is 18.9. The number of amides is 1. The number of aromatic nitrogens is 1. The van der Waals surface area contributed by atoms with Gasteiger partial charge in [-0.1, -0.05) is 44.2 Å². The molecule has 2 aromatic carbocycles. The lowest BCUT2D eigenvalue weighted by Gasteiger charge is -2.17. The Balaban J connectivity index is 1.52. The second-order valence-corrected chi connectivity index (χ2v) is 7.58. The van der Waals surface area contributed by atoms with Crippen molar-refractivity contribution in [2.24, 2.45) is 0 Å². The molecule has 3 rings (SSSR count). The van der Waals surface area contributed by atoms with Crippen molar-refractivity contribution in [3.63, 3.8) is 0 Å². The second-order valence-electron chi connectivity index (χ2n) is 7.58. The minimum atomic E-state index is -0.0372. The standard InChI is InChI=1S/C27H32N4O/c1-3-31(4-2)20-6-17-29-27(32)24-7-5-8-26(21-24)30-25-13-11-22(12-14-25)9-10-23-15-18-28-19-16-23/h5,7-16,18-19,21,30H,3-4,6,17,20H2,1-2H3,(H,29,32). The summed E-state index contributed by atoms with van der Waals surface area (Å²) < 4.78 is 0. The van der Waals surface area contributed by atoms with Crippen LogP contribution in [-0.4, -0.2) is 42.0 Å². The van der Waals surface area contributed by atoms with Crippen molar-refractivity contribution in [1.82, 2.24) is 15.2 Å². The predicted molar refractivity (Wildman–Crippen MR) is 134 cm³/mol. The zero-order chi connectivity index (χ0) is 22.6. The van der Waals surface area contributed by atoms with E-state index in [1.165, 1.54) is 0 Å². The summed E-state index contributed by atoms with van der Waals surface area (Å²) in [5, 5.41) is 6.40. The van der Waals surface area contributed by atoms with Crippen LogP contribution in [-0.2, 0) is 0 Å². The molecule has 0 radical (unpaired) electrons. The third kappa shape index (κ3) is 7.36. The van der Waals surface area contributed by atoms with Crippen molar-refractivity contribution in [2.45, 2.75) is 20.3 Å². The van der Waals surface area contributed by atoms with Crippen molar-refractivity contribution in [2.75, 3.05) is 31.5 Å². The third-order valence-electron chi connectivity index (χ3n) is 5.33. The van der Waals surface area contributed by atoms with Gasteiger partial charge in [-0.05, 0) is 79.6 Å². The summed E-state index contributed by atoms with van der Waals surface area (Å²) >= 11 is 0. The molecule has 1 amide bonds. The average molecular weight is 429 g/mol. The van der Waals surface area contributed by atoms with E-state index in [4.69, 9.17) is 0 Å². The van der Waals surface area contributed by atoms with Crippen LogP contribution >= 0.6 is 0 Å². The van der Waals surface area contributed by atoms with Gasteiger partial charge in [-0.3, -0.25) is 9.78 Å². The van der Waals surface area contributed by atoms with Gasteiger partial charge in [0.2, 0.25) is 0 Å². The van der Waals surface area contributed by atoms with Crippen LogP contribution in [0, 0.1) is 0 Å². The number of benzene rings is 2. The number of carbonyl (C=O) groups is 1. The first kappa shape index (κ1) is 23.2. The molecule has 32 heavy (non-hydrogen) atoms. The van der Waals surface area contributed by atoms with Crippen LogP contribution in [0.5, 0.6) is 0 Å². The Bertz CT molecular complexity index is 996. The van der Waals surface area contributed by atoms with Crippen LogP contribution in [0.2, 0.25) is 0 Å². The lowest BCUT2D eigenvalue weighted by Crippen LogP contribution is -2.29. The molecule has 5 heteroatoms. The third-order valence-corrected chi connectivity index (χ3v) is 5.33. The highest BCUT2D eigenvalue weighted by Gasteiger charge is 2.06. The Morgan fingerprint density at radius 1 is 0.906 bits per heavy atom. The molecule has 5 nitrogen and oxygen atoms in total. The first-order valence-electron chi connectivity index (χ1n) is 11.2. The van der Waals surface area contributed by atoms with Crippen molar-refractivity contribution in [3.05, 3.63) is 89.7 Å². The van der Waals surface area contributed by atoms with Gasteiger partial charge in [0, 0.05) is 35.9 Å². The smallest absolute Gasteiger partial charge is 0.251 e. The fourth-order valence-corrected chi connectivity index (χ4v) is 3.40. The average Bonchev–Trinajstić information content (AvgIpc) is 2.84. The number of carbonyl (C=O) groups excluding carboxylic acids is 1. The molecule has 166 valence electrons. The largest absolute Gasteiger partial charge is 0.356 e. The van der Waals surface area contributed by atoms with E-state index in [2.05, 4.69) is 58.6 Å². The Morgan fingerprint density at radius 2 is 1.59 bits per heavy atom. The number of rotatable bonds is 11. The fourth-order valence-electron chi connectivity index (χ4n) is 3.40. The topological polar surface area (TPSA) is 57.3 Å². The summed E-state index contributed by atoms with van der Waals surface area (Å²) in [6.45, 7) is 8.09. The van der Waals surface area contributed by atoms with E-state index < -0.39 is 0 Å². The number of nitrogens with zero attached hydrogens (tertiary/aromatic N) is 2. The van der Waals surface area contributed by atoms with Crippen LogP contribution in [0.4, 0.5) is 11.4 Å². The second kappa shape index (κ2) is 12.4. The Labute approximate surface area is 191 Å². The highest BCUT2D eigenvalue weighted by Crippen LogP contribution is 2.19. The molecule has 1 aromatic heterocycles. The molecule has 0 atom stereocenters. The van der Waals surface area contributed by atoms with E-state index in [9.17, 15) is 4.79 Å². The molecule has 0 unspecified atom stereocenters. The SMILES string of the molecule is CCN(CC)CCCNC(=O)c1cccc(Nc2ccc(C=Cc3ccncc3)cc2)c1. The maximum Gasteiger partial charge on any atom is 0.251 e. The van der Waals surface area contributed by atoms with Gasteiger partial charge in [0.15, 0.2) is 0 Å². The molecule has 1 heterocycles. The minimum Gasteiger partial charge on any atom is -0.356 e. The predicted octanol–water partition coefficient (Wildman–Crippen LogP) is 5.46. The van der Waals surface area contributed by atoms with E-state index in [1.54, 1.807) is 12.4 Å². The summed E-state index contributed by atoms with van der Waals surface area (Å²) in [5.41, 5.74) is 4.76. The van der Waals surface area contributed by atoms with Crippen LogP contribution in [0.25, 0.3) is 12.2 Å². The minimum absolute atomic E-state index is 0.0372. The number of nitrogens with one attached hydrogen (secondary N) is 2. The Morgan fingerprint density at radius 3 is 2.28 bits per heavy atom. The quantitative estimate of drug-likeness (QED) is 0.398. The van der Waals surface area contributed by atoms with Crippen LogP contribution in [0.1, 0.15) is 41.8 Å². The fraction of sp³-hybridized carbons (Fsp3) is 0.259. The molecule has 3 aromatic rings. The molecule has 2 N–H and O–H groups in total. The molecular weight excluding hydrogens is 396 g/mol. The van der Waals surface area contributed by atoms with E-state index in [0.29, 0.717) is 12.1 Å². The zero-order valence-electron chi connectivity index (χ0n) is 18.9. The number of hydrogen-bond acceptors (Lipinski definition) is 4. The van der Waals surface area contributed by atoms with Gasteiger partial charge in [0.1, 0.15) is 0 Å². The highest BCUT2D eigenvalue weighted by atomic mass is 16.1. The van der Waals surface area contributed by atoms with Gasteiger partial charge in [-0.25, -0.2) is 0 Å². The van der Waals surface area contributed by atoms with Gasteiger partial charge in [-0.2, -0.15) is 0 Å². The van der Waals surface area contributed by atoms with Gasteiger partial charge >= 0.3 is 0 Å². The van der Waals surface area contributed by atoms with Gasteiger partial charge < -0.3 is 15.5 Å². The molecule has 0 bridgehead atoms. The Hall–Kier alpha value is -3.44. The lowest BCUT2D eigenvalue weighted by molar-refractivity contribution is 0.0952. The van der Waals surface area contributed by atoms with Crippen molar-refractivity contribution in [1.29, 1.82) is 0 Å². The number of anilines is 2. The van der Waals surface area contributed by atoms with E-state index >= 15 is 0 Å². The van der Waals surface area contributed by atoms with Crippen LogP contribution in [0.3, 0.4) is 0 Å². The summed E-state index contributed by atoms with van der Waals surface area (Å²) in [4.78, 5) is 18.9. The number of hydrogen-bond donors (Lipinski definition) is 2. The van der Waals surface area contributed by atoms with Gasteiger partial charge in [-0.15, -0.1) is 0 Å². The molecule has 0 saturated carbocycles. The summed E-state index contributed by atoms with van der Waals surface area (Å²) in [6.07, 6.45) is 8.66. The summed E-state index contributed by atoms with van der Waals surface area (Å²) in [5.74, 6) is -0.0372. The molecule has 0 saturated heterocycles. The molecule has 0 fully saturated rings. The van der Waals surface area contributed by atoms with Crippen LogP contribution in [0.15, 0.2) is 73.1 Å². The maximum absolute atomic E-state index is 12.5. The lowest BCUT2D eigenvalue weighted by atomic mass is 10.1. The Kier molecular flexibility index (Phi) is 9.02.